The summed E-state index contributed by atoms with van der Waals surface area (Å²) >= 11 is 0. The number of hydrogen-bond donors (Lipinski definition) is 0. The van der Waals surface area contributed by atoms with Crippen molar-refractivity contribution in [2.24, 2.45) is 5.92 Å². The summed E-state index contributed by atoms with van der Waals surface area (Å²) in [5, 5.41) is 0. The molecular formula is C8H12F4. The van der Waals surface area contributed by atoms with Crippen LogP contribution < -0.4 is 0 Å². The van der Waals surface area contributed by atoms with E-state index in [1.54, 1.807) is 6.92 Å². The van der Waals surface area contributed by atoms with Gasteiger partial charge >= 0.3 is 6.18 Å². The van der Waals surface area contributed by atoms with Gasteiger partial charge in [-0.1, -0.05) is 13.3 Å². The fourth-order valence-electron chi connectivity index (χ4n) is 1.70. The molecule has 0 saturated heterocycles. The average Bonchev–Trinajstić information content (AvgIpc) is 2.31. The van der Waals surface area contributed by atoms with Crippen LogP contribution >= 0.6 is 0 Å². The number of alkyl halides is 4. The molecule has 0 heterocycles. The Balaban J connectivity index is 2.64. The number of halogens is 4. The molecule has 0 radical (unpaired) electrons. The quantitative estimate of drug-likeness (QED) is 0.547. The van der Waals surface area contributed by atoms with Gasteiger partial charge in [0.25, 0.3) is 0 Å². The predicted octanol–water partition coefficient (Wildman–Crippen LogP) is 3.47. The molecule has 0 amide bonds. The van der Waals surface area contributed by atoms with E-state index in [9.17, 15) is 17.6 Å². The van der Waals surface area contributed by atoms with E-state index in [-0.39, 0.29) is 18.8 Å². The third kappa shape index (κ3) is 1.57. The average molecular weight is 184 g/mol. The van der Waals surface area contributed by atoms with Gasteiger partial charge in [-0.25, -0.2) is 4.39 Å². The fraction of sp³-hybridized carbons (Fsp3) is 1.00. The first-order valence-electron chi connectivity index (χ1n) is 4.14. The van der Waals surface area contributed by atoms with Gasteiger partial charge in [-0.05, 0) is 25.2 Å². The maximum Gasteiger partial charge on any atom is 0.422 e. The number of rotatable bonds is 1. The minimum atomic E-state index is -4.67. The summed E-state index contributed by atoms with van der Waals surface area (Å²) in [5.41, 5.74) is -2.90. The Morgan fingerprint density at radius 3 is 2.25 bits per heavy atom. The molecule has 12 heavy (non-hydrogen) atoms. The zero-order chi connectivity index (χ0) is 9.41. The Hall–Kier alpha value is -0.280. The maximum absolute atomic E-state index is 13.1. The molecule has 4 heteroatoms. The van der Waals surface area contributed by atoms with Crippen LogP contribution in [0.25, 0.3) is 0 Å². The molecule has 2 atom stereocenters. The normalized spacial score (nSPS) is 37.2. The van der Waals surface area contributed by atoms with E-state index in [2.05, 4.69) is 0 Å². The van der Waals surface area contributed by atoms with Crippen LogP contribution in [0.3, 0.4) is 0 Å². The second kappa shape index (κ2) is 2.89. The van der Waals surface area contributed by atoms with Crippen LogP contribution in [0.1, 0.15) is 32.6 Å². The van der Waals surface area contributed by atoms with Crippen LogP contribution in [0.2, 0.25) is 0 Å². The summed E-state index contributed by atoms with van der Waals surface area (Å²) in [6.45, 7) is 1.80. The lowest BCUT2D eigenvalue weighted by molar-refractivity contribution is -0.228. The van der Waals surface area contributed by atoms with E-state index in [1.807, 2.05) is 0 Å². The highest BCUT2D eigenvalue weighted by molar-refractivity contribution is 4.94. The predicted molar refractivity (Wildman–Crippen MR) is 37.5 cm³/mol. The highest BCUT2D eigenvalue weighted by Crippen LogP contribution is 2.48. The van der Waals surface area contributed by atoms with E-state index >= 15 is 0 Å². The monoisotopic (exact) mass is 184 g/mol. The Labute approximate surface area is 69.0 Å². The molecule has 1 rings (SSSR count). The van der Waals surface area contributed by atoms with Gasteiger partial charge in [-0.15, -0.1) is 0 Å². The van der Waals surface area contributed by atoms with Gasteiger partial charge in [0.05, 0.1) is 0 Å². The molecule has 0 bridgehead atoms. The highest BCUT2D eigenvalue weighted by atomic mass is 19.4. The number of hydrogen-bond acceptors (Lipinski definition) is 0. The first kappa shape index (κ1) is 9.81. The third-order valence-electron chi connectivity index (χ3n) is 2.65. The molecular weight excluding hydrogens is 172 g/mol. The van der Waals surface area contributed by atoms with Gasteiger partial charge in [0.15, 0.2) is 0 Å². The smallest absolute Gasteiger partial charge is 0.234 e. The van der Waals surface area contributed by atoms with Gasteiger partial charge in [0.1, 0.15) is 0 Å². The van der Waals surface area contributed by atoms with Crippen molar-refractivity contribution in [3.8, 4) is 0 Å². The Morgan fingerprint density at radius 2 is 2.00 bits per heavy atom. The molecule has 0 aromatic carbocycles. The largest absolute Gasteiger partial charge is 0.422 e. The summed E-state index contributed by atoms with van der Waals surface area (Å²) in [6.07, 6.45) is -4.35. The first-order valence-corrected chi connectivity index (χ1v) is 4.14. The standard InChI is InChI=1S/C8H12F4/c1-2-6-3-4-7(9,5-6)8(10,11)12/h6H,2-5H2,1H3. The van der Waals surface area contributed by atoms with E-state index in [0.717, 1.165) is 0 Å². The van der Waals surface area contributed by atoms with Gasteiger partial charge in [-0.3, -0.25) is 0 Å². The second-order valence-corrected chi connectivity index (χ2v) is 3.48. The van der Waals surface area contributed by atoms with Gasteiger partial charge in [0.2, 0.25) is 5.67 Å². The molecule has 72 valence electrons. The SMILES string of the molecule is CCC1CCC(F)(C(F)(F)F)C1. The molecule has 1 fully saturated rings. The van der Waals surface area contributed by atoms with Crippen LogP contribution in [0.15, 0.2) is 0 Å². The van der Waals surface area contributed by atoms with Crippen LogP contribution in [0, 0.1) is 5.92 Å². The zero-order valence-corrected chi connectivity index (χ0v) is 6.92. The van der Waals surface area contributed by atoms with Gasteiger partial charge in [-0.2, -0.15) is 13.2 Å². The van der Waals surface area contributed by atoms with Crippen molar-refractivity contribution in [3.63, 3.8) is 0 Å². The third-order valence-corrected chi connectivity index (χ3v) is 2.65. The van der Waals surface area contributed by atoms with Gasteiger partial charge in [0, 0.05) is 0 Å². The highest BCUT2D eigenvalue weighted by Gasteiger charge is 2.58. The Bertz CT molecular complexity index is 163. The Morgan fingerprint density at radius 1 is 1.42 bits per heavy atom. The van der Waals surface area contributed by atoms with E-state index < -0.39 is 11.8 Å². The molecule has 0 N–H and O–H groups in total. The van der Waals surface area contributed by atoms with E-state index in [1.165, 1.54) is 0 Å². The van der Waals surface area contributed by atoms with Crippen LogP contribution in [-0.4, -0.2) is 11.8 Å². The zero-order valence-electron chi connectivity index (χ0n) is 6.92. The molecule has 2 unspecified atom stereocenters. The summed E-state index contributed by atoms with van der Waals surface area (Å²) in [7, 11) is 0. The van der Waals surface area contributed by atoms with Crippen molar-refractivity contribution in [2.75, 3.05) is 0 Å². The summed E-state index contributed by atoms with van der Waals surface area (Å²) in [5.74, 6) is -0.0865. The fourth-order valence-corrected chi connectivity index (χ4v) is 1.70. The minimum Gasteiger partial charge on any atom is -0.234 e. The minimum absolute atomic E-state index is 0.0865. The van der Waals surface area contributed by atoms with Gasteiger partial charge < -0.3 is 0 Å². The van der Waals surface area contributed by atoms with Crippen molar-refractivity contribution in [2.45, 2.75) is 44.5 Å². The maximum atomic E-state index is 13.1. The van der Waals surface area contributed by atoms with Crippen molar-refractivity contribution < 1.29 is 17.6 Å². The summed E-state index contributed by atoms with van der Waals surface area (Å²) in [4.78, 5) is 0. The van der Waals surface area contributed by atoms with Crippen LogP contribution in [-0.2, 0) is 0 Å². The van der Waals surface area contributed by atoms with Crippen molar-refractivity contribution in [1.29, 1.82) is 0 Å². The van der Waals surface area contributed by atoms with E-state index in [4.69, 9.17) is 0 Å². The lowest BCUT2D eigenvalue weighted by atomic mass is 10.0. The molecule has 0 aliphatic heterocycles. The van der Waals surface area contributed by atoms with E-state index in [0.29, 0.717) is 12.8 Å². The molecule has 0 nitrogen and oxygen atoms in total. The lowest BCUT2D eigenvalue weighted by Crippen LogP contribution is -2.38. The molecule has 0 aromatic heterocycles. The van der Waals surface area contributed by atoms with Crippen molar-refractivity contribution in [1.82, 2.24) is 0 Å². The summed E-state index contributed by atoms with van der Waals surface area (Å²) < 4.78 is 49.4. The molecule has 0 aromatic rings. The molecule has 1 aliphatic rings. The van der Waals surface area contributed by atoms with Crippen LogP contribution in [0.5, 0.6) is 0 Å². The summed E-state index contributed by atoms with van der Waals surface area (Å²) in [6, 6.07) is 0. The van der Waals surface area contributed by atoms with Crippen molar-refractivity contribution in [3.05, 3.63) is 0 Å². The van der Waals surface area contributed by atoms with Crippen molar-refractivity contribution >= 4 is 0 Å². The topological polar surface area (TPSA) is 0 Å². The van der Waals surface area contributed by atoms with Crippen LogP contribution in [0.4, 0.5) is 17.6 Å². The second-order valence-electron chi connectivity index (χ2n) is 3.48. The molecule has 1 saturated carbocycles. The Kier molecular flexibility index (Phi) is 2.36. The first-order chi connectivity index (χ1) is 5.39. The molecule has 0 spiro atoms. The lowest BCUT2D eigenvalue weighted by Gasteiger charge is -2.22. The molecule has 1 aliphatic carbocycles.